The van der Waals surface area contributed by atoms with Crippen molar-refractivity contribution in [1.29, 1.82) is 0 Å². The van der Waals surface area contributed by atoms with E-state index in [1.54, 1.807) is 11.1 Å². The summed E-state index contributed by atoms with van der Waals surface area (Å²) in [5.74, 6) is 0. The van der Waals surface area contributed by atoms with E-state index in [0.29, 0.717) is 0 Å². The molecule has 4 aliphatic carbocycles. The standard InChI is InChI=1S/C43H29N/c1-3-11-30(12-4-1)44(31-13-5-2-6-14-31)32-24-21-28(22-25-32)29-23-26-34-36-17-10-19-38-37-18-9-16-35-33-15-7-8-20-39(33)43(41(35)37,42(36)38)40(34)27-29/h1-8,10-15,17-27H,9,16H2. The number of hydrogen-bond donors (Lipinski definition) is 0. The van der Waals surface area contributed by atoms with E-state index < -0.39 is 0 Å². The average molecular weight is 560 g/mol. The Kier molecular flexibility index (Phi) is 4.82. The van der Waals surface area contributed by atoms with Crippen molar-refractivity contribution in [1.82, 2.24) is 0 Å². The quantitative estimate of drug-likeness (QED) is 0.208. The van der Waals surface area contributed by atoms with Crippen LogP contribution in [-0.2, 0) is 5.41 Å². The van der Waals surface area contributed by atoms with Crippen molar-refractivity contribution in [3.8, 4) is 22.3 Å². The molecular formula is C43H29N. The van der Waals surface area contributed by atoms with Crippen LogP contribution in [-0.4, -0.2) is 0 Å². The van der Waals surface area contributed by atoms with Crippen LogP contribution in [0, 0.1) is 0 Å². The van der Waals surface area contributed by atoms with Crippen LogP contribution in [0.5, 0.6) is 0 Å². The van der Waals surface area contributed by atoms with Crippen molar-refractivity contribution in [3.05, 3.63) is 185 Å². The number of nitrogens with zero attached hydrogens (tertiary/aromatic N) is 1. The molecule has 0 saturated carbocycles. The lowest BCUT2D eigenvalue weighted by atomic mass is 9.72. The summed E-state index contributed by atoms with van der Waals surface area (Å²) in [4.78, 5) is 2.32. The Morgan fingerprint density at radius 3 is 1.89 bits per heavy atom. The van der Waals surface area contributed by atoms with Crippen molar-refractivity contribution in [3.63, 3.8) is 0 Å². The fourth-order valence-electron chi connectivity index (χ4n) is 8.65. The molecule has 4 aliphatic rings. The average Bonchev–Trinajstić information content (AvgIpc) is 3.69. The highest BCUT2D eigenvalue weighted by Gasteiger charge is 2.59. The van der Waals surface area contributed by atoms with Crippen LogP contribution in [0.2, 0.25) is 0 Å². The van der Waals surface area contributed by atoms with Crippen LogP contribution >= 0.6 is 0 Å². The van der Waals surface area contributed by atoms with Crippen LogP contribution in [0.4, 0.5) is 17.1 Å². The third-order valence-corrected chi connectivity index (χ3v) is 10.3. The Bertz CT molecular complexity index is 2160. The number of benzene rings is 6. The Balaban J connectivity index is 1.14. The van der Waals surface area contributed by atoms with Crippen molar-refractivity contribution >= 4 is 28.2 Å². The molecule has 1 spiro atoms. The Hall–Kier alpha value is -5.40. The maximum atomic E-state index is 2.51. The molecule has 1 nitrogen and oxygen atoms in total. The molecular weight excluding hydrogens is 530 g/mol. The molecule has 6 aromatic rings. The smallest absolute Gasteiger partial charge is 0.0734 e. The largest absolute Gasteiger partial charge is 0.311 e. The predicted molar refractivity (Wildman–Crippen MR) is 182 cm³/mol. The van der Waals surface area contributed by atoms with E-state index >= 15 is 0 Å². The highest BCUT2D eigenvalue weighted by molar-refractivity contribution is 6.11. The zero-order chi connectivity index (χ0) is 28.8. The van der Waals surface area contributed by atoms with Gasteiger partial charge in [-0.1, -0.05) is 109 Å². The molecule has 1 heteroatoms. The van der Waals surface area contributed by atoms with Crippen molar-refractivity contribution in [2.75, 3.05) is 4.90 Å². The van der Waals surface area contributed by atoms with Gasteiger partial charge in [-0.15, -0.1) is 0 Å². The highest BCUT2D eigenvalue weighted by Crippen LogP contribution is 2.71. The van der Waals surface area contributed by atoms with E-state index in [2.05, 4.69) is 157 Å². The minimum atomic E-state index is -0.202. The number of hydrogen-bond acceptors (Lipinski definition) is 1. The van der Waals surface area contributed by atoms with E-state index in [-0.39, 0.29) is 5.41 Å². The first-order valence-corrected chi connectivity index (χ1v) is 15.7. The lowest BCUT2D eigenvalue weighted by Gasteiger charge is -2.29. The molecule has 0 bridgehead atoms. The third kappa shape index (κ3) is 2.99. The Morgan fingerprint density at radius 2 is 1.11 bits per heavy atom. The summed E-state index contributed by atoms with van der Waals surface area (Å²) >= 11 is 0. The summed E-state index contributed by atoms with van der Waals surface area (Å²) < 4.78 is 0. The number of para-hydroxylation sites is 2. The maximum absolute atomic E-state index is 2.51. The van der Waals surface area contributed by atoms with Crippen LogP contribution in [0.1, 0.15) is 40.7 Å². The lowest BCUT2D eigenvalue weighted by molar-refractivity contribution is 0.809. The Labute approximate surface area is 258 Å². The van der Waals surface area contributed by atoms with Crippen molar-refractivity contribution in [2.24, 2.45) is 0 Å². The van der Waals surface area contributed by atoms with Gasteiger partial charge >= 0.3 is 0 Å². The van der Waals surface area contributed by atoms with Crippen LogP contribution in [0.15, 0.2) is 157 Å². The van der Waals surface area contributed by atoms with Gasteiger partial charge in [0.1, 0.15) is 0 Å². The highest BCUT2D eigenvalue weighted by atomic mass is 15.1. The molecule has 44 heavy (non-hydrogen) atoms. The van der Waals surface area contributed by atoms with Crippen LogP contribution in [0.3, 0.4) is 0 Å². The Morgan fingerprint density at radius 1 is 0.477 bits per heavy atom. The molecule has 0 heterocycles. The molecule has 0 amide bonds. The van der Waals surface area contributed by atoms with Gasteiger partial charge in [0.05, 0.1) is 5.41 Å². The molecule has 10 rings (SSSR count). The van der Waals surface area contributed by atoms with Crippen LogP contribution < -0.4 is 4.90 Å². The summed E-state index contributed by atoms with van der Waals surface area (Å²) in [7, 11) is 0. The van der Waals surface area contributed by atoms with E-state index in [0.717, 1.165) is 29.9 Å². The summed E-state index contributed by atoms with van der Waals surface area (Å²) in [6, 6.07) is 53.7. The first kappa shape index (κ1) is 24.1. The first-order chi connectivity index (χ1) is 21.8. The summed E-state index contributed by atoms with van der Waals surface area (Å²) in [5.41, 5.74) is 20.4. The number of fused-ring (bicyclic) bond motifs is 5. The summed E-state index contributed by atoms with van der Waals surface area (Å²) in [6.45, 7) is 0. The monoisotopic (exact) mass is 559 g/mol. The first-order valence-electron chi connectivity index (χ1n) is 15.7. The second-order valence-corrected chi connectivity index (χ2v) is 12.3. The fourth-order valence-corrected chi connectivity index (χ4v) is 8.65. The zero-order valence-electron chi connectivity index (χ0n) is 24.3. The van der Waals surface area contributed by atoms with E-state index in [1.807, 2.05) is 0 Å². The maximum Gasteiger partial charge on any atom is 0.0734 e. The molecule has 0 N–H and O–H groups in total. The van der Waals surface area contributed by atoms with Crippen molar-refractivity contribution in [2.45, 2.75) is 18.3 Å². The van der Waals surface area contributed by atoms with Gasteiger partial charge in [-0.2, -0.15) is 0 Å². The van der Waals surface area contributed by atoms with E-state index in [1.165, 1.54) is 55.6 Å². The molecule has 206 valence electrons. The van der Waals surface area contributed by atoms with Gasteiger partial charge in [0.2, 0.25) is 0 Å². The predicted octanol–water partition coefficient (Wildman–Crippen LogP) is 11.1. The molecule has 1 unspecified atom stereocenters. The second-order valence-electron chi connectivity index (χ2n) is 12.3. The molecule has 1 atom stereocenters. The summed E-state index contributed by atoms with van der Waals surface area (Å²) in [5, 5.41) is 0. The zero-order valence-corrected chi connectivity index (χ0v) is 24.3. The van der Waals surface area contributed by atoms with Crippen LogP contribution in [0.25, 0.3) is 33.4 Å². The van der Waals surface area contributed by atoms with Gasteiger partial charge in [-0.05, 0) is 122 Å². The molecule has 0 fully saturated rings. The molecule has 0 saturated heterocycles. The van der Waals surface area contributed by atoms with Gasteiger partial charge in [0.25, 0.3) is 0 Å². The molecule has 0 aromatic heterocycles. The number of anilines is 3. The van der Waals surface area contributed by atoms with Gasteiger partial charge in [0.15, 0.2) is 0 Å². The van der Waals surface area contributed by atoms with Crippen molar-refractivity contribution < 1.29 is 0 Å². The van der Waals surface area contributed by atoms with E-state index in [9.17, 15) is 0 Å². The lowest BCUT2D eigenvalue weighted by Crippen LogP contribution is -2.24. The summed E-state index contributed by atoms with van der Waals surface area (Å²) in [6.07, 6.45) is 4.75. The van der Waals surface area contributed by atoms with Gasteiger partial charge < -0.3 is 4.90 Å². The van der Waals surface area contributed by atoms with Gasteiger partial charge in [-0.25, -0.2) is 0 Å². The molecule has 6 aromatic carbocycles. The number of allylic oxidation sites excluding steroid dienone is 4. The van der Waals surface area contributed by atoms with Gasteiger partial charge in [0, 0.05) is 17.1 Å². The normalized spacial score (nSPS) is 18.0. The number of rotatable bonds is 4. The third-order valence-electron chi connectivity index (χ3n) is 10.3. The minimum absolute atomic E-state index is 0.202. The van der Waals surface area contributed by atoms with Gasteiger partial charge in [-0.3, -0.25) is 0 Å². The fraction of sp³-hybridized carbons (Fsp3) is 0.0698. The second kappa shape index (κ2) is 8.81. The van der Waals surface area contributed by atoms with E-state index in [4.69, 9.17) is 0 Å². The molecule has 0 radical (unpaired) electrons. The topological polar surface area (TPSA) is 3.24 Å². The SMILES string of the molecule is C1=C2C3=C(CC1)c1ccccc1C31c3cc(-c4ccc(N(c5ccccc5)c5ccccc5)cc4)ccc3-c3cccc2c31. The minimum Gasteiger partial charge on any atom is -0.311 e. The molecule has 0 aliphatic heterocycles.